The second-order valence-corrected chi connectivity index (χ2v) is 9.71. The van der Waals surface area contributed by atoms with Gasteiger partial charge in [-0.2, -0.15) is 0 Å². The molecule has 29 heavy (non-hydrogen) atoms. The largest absolute Gasteiger partial charge is 0.493 e. The fourth-order valence-electron chi connectivity index (χ4n) is 5.64. The van der Waals surface area contributed by atoms with E-state index in [2.05, 4.69) is 19.9 Å². The van der Waals surface area contributed by atoms with E-state index in [9.17, 15) is 4.79 Å². The first-order valence-corrected chi connectivity index (χ1v) is 10.8. The minimum absolute atomic E-state index is 0.00900. The summed E-state index contributed by atoms with van der Waals surface area (Å²) < 4.78 is 23.9. The van der Waals surface area contributed by atoms with Crippen molar-refractivity contribution in [2.24, 2.45) is 17.3 Å². The van der Waals surface area contributed by atoms with Crippen LogP contribution in [0.2, 0.25) is 0 Å². The Morgan fingerprint density at radius 3 is 2.69 bits per heavy atom. The van der Waals surface area contributed by atoms with E-state index in [1.807, 2.05) is 17.0 Å². The van der Waals surface area contributed by atoms with Crippen molar-refractivity contribution in [1.29, 1.82) is 0 Å². The lowest BCUT2D eigenvalue weighted by Gasteiger charge is -2.59. The number of nitrogens with zero attached hydrogens (tertiary/aromatic N) is 1. The highest BCUT2D eigenvalue weighted by atomic mass is 16.5. The average molecular weight is 402 g/mol. The molecule has 1 aromatic rings. The van der Waals surface area contributed by atoms with Crippen molar-refractivity contribution in [3.05, 3.63) is 23.8 Å². The zero-order valence-corrected chi connectivity index (χ0v) is 17.6. The molecule has 0 bridgehead atoms. The van der Waals surface area contributed by atoms with Crippen LogP contribution in [0.3, 0.4) is 0 Å². The van der Waals surface area contributed by atoms with Crippen molar-refractivity contribution < 1.29 is 23.7 Å². The summed E-state index contributed by atoms with van der Waals surface area (Å²) in [5, 5.41) is 0. The third kappa shape index (κ3) is 3.12. The highest BCUT2D eigenvalue weighted by Gasteiger charge is 2.57. The van der Waals surface area contributed by atoms with E-state index in [4.69, 9.17) is 18.9 Å². The first-order chi connectivity index (χ1) is 13.9. The lowest BCUT2D eigenvalue weighted by Crippen LogP contribution is -2.66. The van der Waals surface area contributed by atoms with Crippen LogP contribution in [-0.4, -0.2) is 56.4 Å². The van der Waals surface area contributed by atoms with Gasteiger partial charge in [-0.05, 0) is 39.2 Å². The third-order valence-corrected chi connectivity index (χ3v) is 7.32. The Hall–Kier alpha value is -1.79. The number of hydrogen-bond acceptors (Lipinski definition) is 5. The first kappa shape index (κ1) is 19.2. The Balaban J connectivity index is 1.32. The number of likely N-dealkylation sites (tertiary alicyclic amines) is 1. The molecule has 0 aromatic heterocycles. The van der Waals surface area contributed by atoms with Crippen molar-refractivity contribution in [1.82, 2.24) is 4.90 Å². The maximum absolute atomic E-state index is 12.8. The van der Waals surface area contributed by atoms with Crippen molar-refractivity contribution in [2.45, 2.75) is 44.8 Å². The quantitative estimate of drug-likeness (QED) is 0.762. The van der Waals surface area contributed by atoms with Crippen LogP contribution >= 0.6 is 0 Å². The second kappa shape index (κ2) is 6.88. The number of carbonyl (C=O) groups is 1. The summed E-state index contributed by atoms with van der Waals surface area (Å²) in [5.74, 6) is 2.25. The maximum Gasteiger partial charge on any atom is 0.225 e. The van der Waals surface area contributed by atoms with Gasteiger partial charge in [-0.25, -0.2) is 0 Å². The highest BCUT2D eigenvalue weighted by molar-refractivity contribution is 5.80. The molecule has 3 saturated heterocycles. The molecule has 0 saturated carbocycles. The van der Waals surface area contributed by atoms with E-state index in [1.165, 1.54) is 0 Å². The Kier molecular flexibility index (Phi) is 4.55. The van der Waals surface area contributed by atoms with Crippen LogP contribution in [0, 0.1) is 17.3 Å². The Morgan fingerprint density at radius 1 is 1.21 bits per heavy atom. The van der Waals surface area contributed by atoms with E-state index in [1.54, 1.807) is 7.11 Å². The second-order valence-electron chi connectivity index (χ2n) is 9.71. The van der Waals surface area contributed by atoms with Gasteiger partial charge in [-0.15, -0.1) is 0 Å². The summed E-state index contributed by atoms with van der Waals surface area (Å²) in [6, 6.07) is 6.03. The van der Waals surface area contributed by atoms with Crippen LogP contribution in [0.1, 0.15) is 44.8 Å². The molecular weight excluding hydrogens is 370 g/mol. The van der Waals surface area contributed by atoms with Crippen LogP contribution < -0.4 is 9.47 Å². The molecule has 0 radical (unpaired) electrons. The molecule has 3 fully saturated rings. The molecule has 4 heterocycles. The van der Waals surface area contributed by atoms with Gasteiger partial charge in [-0.1, -0.05) is 12.1 Å². The van der Waals surface area contributed by atoms with E-state index in [-0.39, 0.29) is 29.0 Å². The fourth-order valence-corrected chi connectivity index (χ4v) is 5.64. The number of rotatable bonds is 2. The minimum Gasteiger partial charge on any atom is -0.493 e. The van der Waals surface area contributed by atoms with Gasteiger partial charge in [0.05, 0.1) is 19.8 Å². The number of fused-ring (bicyclic) bond motifs is 3. The van der Waals surface area contributed by atoms with Gasteiger partial charge in [0.15, 0.2) is 11.5 Å². The number of methoxy groups -OCH3 is 1. The normalized spacial score (nSPS) is 30.0. The number of carbonyl (C=O) groups excluding carboxylic acids is 1. The summed E-state index contributed by atoms with van der Waals surface area (Å²) in [5.41, 5.74) is 0.780. The molecule has 6 heteroatoms. The molecule has 0 unspecified atom stereocenters. The highest BCUT2D eigenvalue weighted by Crippen LogP contribution is 2.56. The van der Waals surface area contributed by atoms with E-state index in [0.29, 0.717) is 25.7 Å². The molecule has 1 spiro atoms. The molecule has 6 nitrogen and oxygen atoms in total. The van der Waals surface area contributed by atoms with Crippen LogP contribution in [0.25, 0.3) is 0 Å². The fraction of sp³-hybridized carbons (Fsp3) is 0.696. The smallest absolute Gasteiger partial charge is 0.225 e. The van der Waals surface area contributed by atoms with Crippen molar-refractivity contribution >= 4 is 5.91 Å². The lowest BCUT2D eigenvalue weighted by atomic mass is 9.64. The van der Waals surface area contributed by atoms with Gasteiger partial charge < -0.3 is 23.8 Å². The van der Waals surface area contributed by atoms with Crippen LogP contribution in [-0.2, 0) is 14.3 Å². The first-order valence-electron chi connectivity index (χ1n) is 10.8. The zero-order valence-electron chi connectivity index (χ0n) is 17.6. The molecule has 2 atom stereocenters. The van der Waals surface area contributed by atoms with Gasteiger partial charge in [0.2, 0.25) is 5.91 Å². The summed E-state index contributed by atoms with van der Waals surface area (Å²) in [6.45, 7) is 7.99. The molecular formula is C23H31NO5. The third-order valence-electron chi connectivity index (χ3n) is 7.32. The summed E-state index contributed by atoms with van der Waals surface area (Å²) >= 11 is 0. The van der Waals surface area contributed by atoms with E-state index < -0.39 is 0 Å². The van der Waals surface area contributed by atoms with Gasteiger partial charge in [0, 0.05) is 49.1 Å². The number of hydrogen-bond donors (Lipinski definition) is 0. The van der Waals surface area contributed by atoms with Gasteiger partial charge in [0.25, 0.3) is 0 Å². The summed E-state index contributed by atoms with van der Waals surface area (Å²) in [7, 11) is 1.67. The molecule has 0 aliphatic carbocycles. The standard InChI is InChI=1S/C23H31NO5/c1-22(2)17-11-23(12-24(13-23)21(25)15-7-9-27-10-8-15)14-28-19(17)16-5-4-6-18(26-3)20(16)29-22/h4-6,15,17,19H,7-14H2,1-3H3/t17-,19+/m0/s1. The maximum atomic E-state index is 12.8. The van der Waals surface area contributed by atoms with Gasteiger partial charge in [0.1, 0.15) is 5.60 Å². The van der Waals surface area contributed by atoms with Crippen LogP contribution in [0.5, 0.6) is 11.5 Å². The minimum atomic E-state index is -0.356. The lowest BCUT2D eigenvalue weighted by molar-refractivity contribution is -0.203. The molecule has 5 rings (SSSR count). The predicted molar refractivity (Wildman–Crippen MR) is 107 cm³/mol. The number of ether oxygens (including phenoxy) is 4. The SMILES string of the molecule is COc1cccc2c1OC(C)(C)[C@H]1CC3(CO[C@H]21)CN(C(=O)C1CCOCC1)C3. The van der Waals surface area contributed by atoms with Crippen LogP contribution in [0.15, 0.2) is 18.2 Å². The van der Waals surface area contributed by atoms with Gasteiger partial charge in [-0.3, -0.25) is 4.79 Å². The molecule has 1 amide bonds. The Morgan fingerprint density at radius 2 is 1.97 bits per heavy atom. The number of amides is 1. The van der Waals surface area contributed by atoms with E-state index in [0.717, 1.165) is 49.4 Å². The van der Waals surface area contributed by atoms with Crippen molar-refractivity contribution in [3.8, 4) is 11.5 Å². The molecule has 1 aromatic carbocycles. The van der Waals surface area contributed by atoms with Gasteiger partial charge >= 0.3 is 0 Å². The average Bonchev–Trinajstić information content (AvgIpc) is 2.71. The van der Waals surface area contributed by atoms with E-state index >= 15 is 0 Å². The Labute approximate surface area is 172 Å². The molecule has 4 aliphatic rings. The zero-order chi connectivity index (χ0) is 20.2. The summed E-state index contributed by atoms with van der Waals surface area (Å²) in [4.78, 5) is 14.9. The molecule has 0 N–H and O–H groups in total. The predicted octanol–water partition coefficient (Wildman–Crippen LogP) is 3.20. The van der Waals surface area contributed by atoms with Crippen molar-refractivity contribution in [3.63, 3.8) is 0 Å². The molecule has 158 valence electrons. The number of benzene rings is 1. The Bertz CT molecular complexity index is 794. The van der Waals surface area contributed by atoms with Crippen LogP contribution in [0.4, 0.5) is 0 Å². The van der Waals surface area contributed by atoms with Crippen molar-refractivity contribution in [2.75, 3.05) is 40.0 Å². The topological polar surface area (TPSA) is 57.2 Å². The number of para-hydroxylation sites is 1. The monoisotopic (exact) mass is 401 g/mol. The summed E-state index contributed by atoms with van der Waals surface area (Å²) in [6.07, 6.45) is 2.72. The molecule has 4 aliphatic heterocycles.